The molecule has 94 valence electrons. The Bertz CT molecular complexity index is 620. The number of hydrogen-bond acceptors (Lipinski definition) is 5. The zero-order chi connectivity index (χ0) is 13.3. The van der Waals surface area contributed by atoms with Crippen LogP contribution in [0.1, 0.15) is 20.1 Å². The quantitative estimate of drug-likeness (QED) is 0.491. The molecule has 18 heavy (non-hydrogen) atoms. The molecule has 0 unspecified atom stereocenters. The summed E-state index contributed by atoms with van der Waals surface area (Å²) >= 11 is 7.07. The molecule has 0 amide bonds. The predicted octanol–water partition coefficient (Wildman–Crippen LogP) is 2.68. The van der Waals surface area contributed by atoms with E-state index in [1.807, 2.05) is 6.92 Å². The number of nitrogens with zero attached hydrogens (tertiary/aromatic N) is 3. The van der Waals surface area contributed by atoms with E-state index < -0.39 is 4.92 Å². The lowest BCUT2D eigenvalue weighted by Gasteiger charge is -1.95. The molecule has 0 aromatic carbocycles. The molecule has 0 aliphatic heterocycles. The third kappa shape index (κ3) is 2.41. The van der Waals surface area contributed by atoms with Gasteiger partial charge >= 0.3 is 5.82 Å². The van der Waals surface area contributed by atoms with E-state index in [0.717, 1.165) is 16.7 Å². The largest absolute Gasteiger partial charge is 0.408 e. The van der Waals surface area contributed by atoms with E-state index in [-0.39, 0.29) is 10.8 Å². The lowest BCUT2D eigenvalue weighted by Crippen LogP contribution is -2.01. The molecule has 2 heterocycles. The maximum Gasteiger partial charge on any atom is 0.408 e. The number of aldehydes is 1. The Hall–Kier alpha value is -1.73. The zero-order valence-corrected chi connectivity index (χ0v) is 10.9. The van der Waals surface area contributed by atoms with E-state index in [1.54, 1.807) is 6.07 Å². The van der Waals surface area contributed by atoms with Gasteiger partial charge in [-0.25, -0.2) is 0 Å². The van der Waals surface area contributed by atoms with Crippen molar-refractivity contribution in [3.05, 3.63) is 42.7 Å². The van der Waals surface area contributed by atoms with Crippen LogP contribution in [0.2, 0.25) is 5.02 Å². The number of hydrogen-bond donors (Lipinski definition) is 0. The topological polar surface area (TPSA) is 78.0 Å². The van der Waals surface area contributed by atoms with Gasteiger partial charge in [-0.1, -0.05) is 11.6 Å². The molecule has 0 atom stereocenters. The van der Waals surface area contributed by atoms with E-state index in [2.05, 4.69) is 5.10 Å². The fraction of sp³-hybridized carbons (Fsp3) is 0.200. The van der Waals surface area contributed by atoms with Crippen LogP contribution in [0.15, 0.2) is 12.3 Å². The molecule has 0 aliphatic carbocycles. The SMILES string of the molecule is Cc1sc(C=O)cc1Cn1cc(Cl)c([N+](=O)[O-])n1. The highest BCUT2D eigenvalue weighted by molar-refractivity contribution is 7.13. The molecule has 2 aromatic rings. The van der Waals surface area contributed by atoms with Crippen LogP contribution in [0.25, 0.3) is 0 Å². The van der Waals surface area contributed by atoms with Gasteiger partial charge in [0.2, 0.25) is 0 Å². The number of carbonyl (C=O) groups is 1. The Morgan fingerprint density at radius 3 is 2.89 bits per heavy atom. The van der Waals surface area contributed by atoms with Crippen molar-refractivity contribution >= 4 is 35.0 Å². The molecule has 0 bridgehead atoms. The first-order chi connectivity index (χ1) is 8.51. The molecule has 0 aliphatic rings. The van der Waals surface area contributed by atoms with E-state index in [0.29, 0.717) is 11.4 Å². The van der Waals surface area contributed by atoms with Crippen molar-refractivity contribution in [3.8, 4) is 0 Å². The van der Waals surface area contributed by atoms with Gasteiger partial charge in [0, 0.05) is 4.88 Å². The summed E-state index contributed by atoms with van der Waals surface area (Å²) in [4.78, 5) is 22.2. The molecule has 0 saturated carbocycles. The predicted molar refractivity (Wildman–Crippen MR) is 67.4 cm³/mol. The van der Waals surface area contributed by atoms with E-state index in [9.17, 15) is 14.9 Å². The molecule has 0 spiro atoms. The Labute approximate surface area is 111 Å². The lowest BCUT2D eigenvalue weighted by atomic mass is 10.2. The second kappa shape index (κ2) is 4.87. The fourth-order valence-electron chi connectivity index (χ4n) is 1.53. The summed E-state index contributed by atoms with van der Waals surface area (Å²) < 4.78 is 1.39. The summed E-state index contributed by atoms with van der Waals surface area (Å²) in [5.74, 6) is -0.361. The van der Waals surface area contributed by atoms with Gasteiger partial charge in [0.1, 0.15) is 0 Å². The smallest absolute Gasteiger partial charge is 0.358 e. The number of aromatic nitrogens is 2. The van der Waals surface area contributed by atoms with Crippen LogP contribution in [-0.2, 0) is 6.54 Å². The highest BCUT2D eigenvalue weighted by Crippen LogP contribution is 2.24. The monoisotopic (exact) mass is 285 g/mol. The molecule has 0 N–H and O–H groups in total. The van der Waals surface area contributed by atoms with Crippen molar-refractivity contribution in [1.82, 2.24) is 9.78 Å². The number of carbonyl (C=O) groups excluding carboxylic acids is 1. The van der Waals surface area contributed by atoms with Crippen molar-refractivity contribution in [1.29, 1.82) is 0 Å². The Kier molecular flexibility index (Phi) is 3.44. The number of rotatable bonds is 4. The highest BCUT2D eigenvalue weighted by Gasteiger charge is 2.19. The van der Waals surface area contributed by atoms with Gasteiger partial charge in [-0.3, -0.25) is 4.79 Å². The van der Waals surface area contributed by atoms with Crippen LogP contribution in [0.4, 0.5) is 5.82 Å². The maximum absolute atomic E-state index is 10.6. The average molecular weight is 286 g/mol. The van der Waals surface area contributed by atoms with Gasteiger partial charge in [0.25, 0.3) is 0 Å². The van der Waals surface area contributed by atoms with Crippen LogP contribution in [-0.4, -0.2) is 21.0 Å². The van der Waals surface area contributed by atoms with Crippen LogP contribution in [0, 0.1) is 17.0 Å². The number of thiophene rings is 1. The van der Waals surface area contributed by atoms with Crippen molar-refractivity contribution in [2.24, 2.45) is 0 Å². The second-order valence-corrected chi connectivity index (χ2v) is 5.30. The molecule has 2 rings (SSSR count). The Morgan fingerprint density at radius 2 is 2.39 bits per heavy atom. The zero-order valence-electron chi connectivity index (χ0n) is 9.29. The first-order valence-electron chi connectivity index (χ1n) is 4.93. The first kappa shape index (κ1) is 12.7. The van der Waals surface area contributed by atoms with Gasteiger partial charge in [-0.05, 0) is 23.5 Å². The minimum absolute atomic E-state index is 0.00323. The van der Waals surface area contributed by atoms with Crippen LogP contribution in [0.3, 0.4) is 0 Å². The van der Waals surface area contributed by atoms with Crippen LogP contribution in [0.5, 0.6) is 0 Å². The van der Waals surface area contributed by atoms with Gasteiger partial charge in [0.05, 0.1) is 22.7 Å². The van der Waals surface area contributed by atoms with E-state index in [4.69, 9.17) is 11.6 Å². The molecule has 0 saturated heterocycles. The summed E-state index contributed by atoms with van der Waals surface area (Å²) in [5, 5.41) is 14.4. The van der Waals surface area contributed by atoms with Crippen molar-refractivity contribution < 1.29 is 9.72 Å². The Morgan fingerprint density at radius 1 is 1.67 bits per heavy atom. The van der Waals surface area contributed by atoms with Crippen LogP contribution >= 0.6 is 22.9 Å². The Balaban J connectivity index is 2.28. The standard InChI is InChI=1S/C10H8ClN3O3S/c1-6-7(2-8(5-15)18-6)3-13-4-9(11)10(12-13)14(16)17/h2,4-5H,3H2,1H3. The molecular weight excluding hydrogens is 278 g/mol. The van der Waals surface area contributed by atoms with Gasteiger partial charge < -0.3 is 10.1 Å². The summed E-state index contributed by atoms with van der Waals surface area (Å²) in [5.41, 5.74) is 0.899. The number of halogens is 1. The number of aryl methyl sites for hydroxylation is 1. The van der Waals surface area contributed by atoms with Gasteiger partial charge in [-0.2, -0.15) is 4.68 Å². The average Bonchev–Trinajstić information content (AvgIpc) is 2.83. The summed E-state index contributed by atoms with van der Waals surface area (Å²) in [6, 6.07) is 1.74. The summed E-state index contributed by atoms with van der Waals surface area (Å²) in [6.07, 6.45) is 2.18. The lowest BCUT2D eigenvalue weighted by molar-refractivity contribution is -0.389. The van der Waals surface area contributed by atoms with Crippen molar-refractivity contribution in [2.75, 3.05) is 0 Å². The first-order valence-corrected chi connectivity index (χ1v) is 6.12. The van der Waals surface area contributed by atoms with E-state index in [1.165, 1.54) is 22.2 Å². The minimum Gasteiger partial charge on any atom is -0.358 e. The van der Waals surface area contributed by atoms with E-state index >= 15 is 0 Å². The summed E-state index contributed by atoms with van der Waals surface area (Å²) in [7, 11) is 0. The third-order valence-corrected chi connectivity index (χ3v) is 3.64. The second-order valence-electron chi connectivity index (χ2n) is 3.60. The van der Waals surface area contributed by atoms with Gasteiger partial charge in [0.15, 0.2) is 11.3 Å². The third-order valence-electron chi connectivity index (χ3n) is 2.36. The summed E-state index contributed by atoms with van der Waals surface area (Å²) in [6.45, 7) is 2.23. The molecule has 6 nitrogen and oxygen atoms in total. The molecule has 0 radical (unpaired) electrons. The van der Waals surface area contributed by atoms with Crippen molar-refractivity contribution in [3.63, 3.8) is 0 Å². The molecule has 8 heteroatoms. The van der Waals surface area contributed by atoms with Gasteiger partial charge in [-0.15, -0.1) is 11.3 Å². The maximum atomic E-state index is 10.6. The number of nitro groups is 1. The van der Waals surface area contributed by atoms with Crippen molar-refractivity contribution in [2.45, 2.75) is 13.5 Å². The highest BCUT2D eigenvalue weighted by atomic mass is 35.5. The molecule has 2 aromatic heterocycles. The normalized spacial score (nSPS) is 10.6. The molecular formula is C10H8ClN3O3S. The minimum atomic E-state index is -0.629. The van der Waals surface area contributed by atoms with Crippen LogP contribution < -0.4 is 0 Å². The fourth-order valence-corrected chi connectivity index (χ4v) is 2.60. The molecule has 0 fully saturated rings.